The van der Waals surface area contributed by atoms with Gasteiger partial charge in [0, 0.05) is 4.47 Å². The van der Waals surface area contributed by atoms with Crippen molar-refractivity contribution in [2.24, 2.45) is 0 Å². The maximum Gasteiger partial charge on any atom is 0.314 e. The molecule has 1 amide bonds. The Hall–Kier alpha value is -2.61. The van der Waals surface area contributed by atoms with Crippen molar-refractivity contribution >= 4 is 27.5 Å². The standard InChI is InChI=1S/C17H17BrN2O5/c1-11(12-3-5-13(18)6-4-12)19-17(21)10-25-16-8-7-14(24-2)9-15(16)20(22)23/h3-9,11H,10H2,1-2H3,(H,19,21)/t11-/m0/s1. The van der Waals surface area contributed by atoms with Crippen LogP contribution in [0.15, 0.2) is 46.9 Å². The number of halogens is 1. The van der Waals surface area contributed by atoms with Gasteiger partial charge in [-0.2, -0.15) is 0 Å². The molecule has 0 aromatic heterocycles. The minimum atomic E-state index is -0.583. The van der Waals surface area contributed by atoms with Crippen LogP contribution in [0.5, 0.6) is 11.5 Å². The van der Waals surface area contributed by atoms with Crippen LogP contribution in [0.3, 0.4) is 0 Å². The summed E-state index contributed by atoms with van der Waals surface area (Å²) in [6.45, 7) is 1.52. The quantitative estimate of drug-likeness (QED) is 0.557. The molecule has 1 N–H and O–H groups in total. The summed E-state index contributed by atoms with van der Waals surface area (Å²) in [4.78, 5) is 22.5. The summed E-state index contributed by atoms with van der Waals surface area (Å²) in [7, 11) is 1.41. The number of hydrogen-bond donors (Lipinski definition) is 1. The van der Waals surface area contributed by atoms with Gasteiger partial charge in [0.2, 0.25) is 0 Å². The number of nitrogens with zero attached hydrogens (tertiary/aromatic N) is 1. The van der Waals surface area contributed by atoms with Crippen molar-refractivity contribution in [2.45, 2.75) is 13.0 Å². The fourth-order valence-corrected chi connectivity index (χ4v) is 2.41. The van der Waals surface area contributed by atoms with Crippen molar-refractivity contribution in [3.63, 3.8) is 0 Å². The number of amides is 1. The monoisotopic (exact) mass is 408 g/mol. The van der Waals surface area contributed by atoms with Crippen molar-refractivity contribution < 1.29 is 19.2 Å². The Labute approximate surface area is 153 Å². The van der Waals surface area contributed by atoms with Crippen LogP contribution in [0.4, 0.5) is 5.69 Å². The first kappa shape index (κ1) is 18.7. The fourth-order valence-electron chi connectivity index (χ4n) is 2.15. The van der Waals surface area contributed by atoms with Crippen LogP contribution in [0.1, 0.15) is 18.5 Å². The molecule has 0 spiro atoms. The van der Waals surface area contributed by atoms with Gasteiger partial charge in [-0.05, 0) is 36.8 Å². The minimum absolute atomic E-state index is 0.0113. The van der Waals surface area contributed by atoms with Gasteiger partial charge in [0.05, 0.1) is 24.1 Å². The van der Waals surface area contributed by atoms with E-state index in [9.17, 15) is 14.9 Å². The number of carbonyl (C=O) groups is 1. The zero-order valence-corrected chi connectivity index (χ0v) is 15.3. The second kappa shape index (κ2) is 8.48. The van der Waals surface area contributed by atoms with Gasteiger partial charge in [-0.3, -0.25) is 14.9 Å². The normalized spacial score (nSPS) is 11.5. The smallest absolute Gasteiger partial charge is 0.314 e. The fraction of sp³-hybridized carbons (Fsp3) is 0.235. The van der Waals surface area contributed by atoms with E-state index in [-0.39, 0.29) is 30.0 Å². The average Bonchev–Trinajstić information content (AvgIpc) is 2.60. The number of nitro groups is 1. The second-order valence-electron chi connectivity index (χ2n) is 5.22. The van der Waals surface area contributed by atoms with E-state index >= 15 is 0 Å². The summed E-state index contributed by atoms with van der Waals surface area (Å²) >= 11 is 3.35. The lowest BCUT2D eigenvalue weighted by molar-refractivity contribution is -0.385. The Kier molecular flexibility index (Phi) is 6.35. The Bertz CT molecular complexity index is 764. The van der Waals surface area contributed by atoms with Crippen LogP contribution >= 0.6 is 15.9 Å². The summed E-state index contributed by atoms with van der Waals surface area (Å²) in [6, 6.07) is 11.5. The largest absolute Gasteiger partial charge is 0.496 e. The maximum atomic E-state index is 12.0. The molecule has 2 aromatic rings. The molecule has 0 aliphatic carbocycles. The molecular formula is C17H17BrN2O5. The maximum absolute atomic E-state index is 12.0. The molecule has 0 heterocycles. The highest BCUT2D eigenvalue weighted by molar-refractivity contribution is 9.10. The summed E-state index contributed by atoms with van der Waals surface area (Å²) in [5, 5.41) is 13.9. The van der Waals surface area contributed by atoms with Crippen LogP contribution in [0.2, 0.25) is 0 Å². The molecule has 2 aromatic carbocycles. The van der Waals surface area contributed by atoms with E-state index in [4.69, 9.17) is 9.47 Å². The Balaban J connectivity index is 1.97. The lowest BCUT2D eigenvalue weighted by Crippen LogP contribution is -2.31. The zero-order valence-electron chi connectivity index (χ0n) is 13.7. The first-order valence-electron chi connectivity index (χ1n) is 7.40. The molecule has 0 fully saturated rings. The molecule has 0 radical (unpaired) electrons. The van der Waals surface area contributed by atoms with Crippen LogP contribution in [-0.4, -0.2) is 24.5 Å². The number of benzene rings is 2. The molecule has 25 heavy (non-hydrogen) atoms. The van der Waals surface area contributed by atoms with E-state index in [1.807, 2.05) is 31.2 Å². The molecule has 1 atom stereocenters. The number of hydrogen-bond acceptors (Lipinski definition) is 5. The van der Waals surface area contributed by atoms with Crippen molar-refractivity contribution in [3.05, 3.63) is 62.6 Å². The van der Waals surface area contributed by atoms with Gasteiger partial charge >= 0.3 is 5.69 Å². The highest BCUT2D eigenvalue weighted by atomic mass is 79.9. The highest BCUT2D eigenvalue weighted by Gasteiger charge is 2.18. The molecule has 7 nitrogen and oxygen atoms in total. The van der Waals surface area contributed by atoms with Gasteiger partial charge in [0.1, 0.15) is 5.75 Å². The third-order valence-corrected chi connectivity index (χ3v) is 4.00. The van der Waals surface area contributed by atoms with Crippen LogP contribution in [0.25, 0.3) is 0 Å². The number of carbonyl (C=O) groups excluding carboxylic acids is 1. The van der Waals surface area contributed by atoms with Gasteiger partial charge in [-0.25, -0.2) is 0 Å². The van der Waals surface area contributed by atoms with Gasteiger partial charge in [-0.15, -0.1) is 0 Å². The number of nitrogens with one attached hydrogen (secondary N) is 1. The molecule has 0 bridgehead atoms. The third kappa shape index (κ3) is 5.18. The molecular weight excluding hydrogens is 392 g/mol. The predicted molar refractivity (Wildman–Crippen MR) is 95.8 cm³/mol. The first-order chi connectivity index (χ1) is 11.9. The first-order valence-corrected chi connectivity index (χ1v) is 8.20. The number of nitro benzene ring substituents is 1. The van der Waals surface area contributed by atoms with E-state index in [0.717, 1.165) is 10.0 Å². The van der Waals surface area contributed by atoms with Crippen molar-refractivity contribution in [1.29, 1.82) is 0 Å². The number of methoxy groups -OCH3 is 1. The van der Waals surface area contributed by atoms with Gasteiger partial charge in [0.25, 0.3) is 5.91 Å². The SMILES string of the molecule is COc1ccc(OCC(=O)N[C@@H](C)c2ccc(Br)cc2)c([N+](=O)[O-])c1. The second-order valence-corrected chi connectivity index (χ2v) is 6.14. The Morgan fingerprint density at radius 1 is 1.28 bits per heavy atom. The molecule has 2 rings (SSSR count). The van der Waals surface area contributed by atoms with Gasteiger partial charge in [0.15, 0.2) is 12.4 Å². The summed E-state index contributed by atoms with van der Waals surface area (Å²) in [6.07, 6.45) is 0. The summed E-state index contributed by atoms with van der Waals surface area (Å²) < 4.78 is 11.2. The number of rotatable bonds is 7. The van der Waals surface area contributed by atoms with Crippen molar-refractivity contribution in [2.75, 3.05) is 13.7 Å². The topological polar surface area (TPSA) is 90.7 Å². The molecule has 0 saturated heterocycles. The van der Waals surface area contributed by atoms with E-state index in [2.05, 4.69) is 21.2 Å². The molecule has 0 aliphatic heterocycles. The van der Waals surface area contributed by atoms with E-state index in [0.29, 0.717) is 5.75 Å². The zero-order chi connectivity index (χ0) is 18.4. The van der Waals surface area contributed by atoms with Gasteiger partial charge < -0.3 is 14.8 Å². The average molecular weight is 409 g/mol. The number of ether oxygens (including phenoxy) is 2. The molecule has 8 heteroatoms. The van der Waals surface area contributed by atoms with Crippen molar-refractivity contribution in [1.82, 2.24) is 5.32 Å². The summed E-state index contributed by atoms with van der Waals surface area (Å²) in [5.74, 6) is -0.0230. The molecule has 0 unspecified atom stereocenters. The van der Waals surface area contributed by atoms with Crippen molar-refractivity contribution in [3.8, 4) is 11.5 Å². The third-order valence-electron chi connectivity index (χ3n) is 3.47. The molecule has 132 valence electrons. The van der Waals surface area contributed by atoms with Gasteiger partial charge in [-0.1, -0.05) is 28.1 Å². The van der Waals surface area contributed by atoms with E-state index in [1.54, 1.807) is 0 Å². The van der Waals surface area contributed by atoms with E-state index < -0.39 is 4.92 Å². The molecule has 0 saturated carbocycles. The predicted octanol–water partition coefficient (Wildman–Crippen LogP) is 3.62. The van der Waals surface area contributed by atoms with Crippen LogP contribution in [-0.2, 0) is 4.79 Å². The lowest BCUT2D eigenvalue weighted by Gasteiger charge is -2.15. The summed E-state index contributed by atoms with van der Waals surface area (Å²) in [5.41, 5.74) is 0.681. The Morgan fingerprint density at radius 2 is 1.96 bits per heavy atom. The lowest BCUT2D eigenvalue weighted by atomic mass is 10.1. The van der Waals surface area contributed by atoms with Crippen LogP contribution < -0.4 is 14.8 Å². The minimum Gasteiger partial charge on any atom is -0.496 e. The Morgan fingerprint density at radius 3 is 2.56 bits per heavy atom. The highest BCUT2D eigenvalue weighted by Crippen LogP contribution is 2.30. The molecule has 0 aliphatic rings. The van der Waals surface area contributed by atoms with E-state index in [1.165, 1.54) is 25.3 Å². The van der Waals surface area contributed by atoms with Crippen LogP contribution in [0, 0.1) is 10.1 Å².